The molecular weight excluding hydrogens is 324 g/mol. The summed E-state index contributed by atoms with van der Waals surface area (Å²) in [6, 6.07) is 8.86. The van der Waals surface area contributed by atoms with E-state index in [1.54, 1.807) is 36.1 Å². The van der Waals surface area contributed by atoms with Crippen LogP contribution in [-0.2, 0) is 13.5 Å². The van der Waals surface area contributed by atoms with E-state index in [1.165, 1.54) is 6.20 Å². The Labute approximate surface area is 143 Å². The number of anilines is 2. The van der Waals surface area contributed by atoms with Crippen LogP contribution in [0, 0.1) is 10.1 Å². The maximum absolute atomic E-state index is 11.2. The molecule has 9 heteroatoms. The van der Waals surface area contributed by atoms with Crippen molar-refractivity contribution in [3.8, 4) is 5.75 Å². The van der Waals surface area contributed by atoms with Gasteiger partial charge in [-0.2, -0.15) is 5.10 Å². The zero-order chi connectivity index (χ0) is 17.8. The molecule has 128 valence electrons. The summed E-state index contributed by atoms with van der Waals surface area (Å²) >= 11 is 0. The van der Waals surface area contributed by atoms with Gasteiger partial charge < -0.3 is 10.1 Å². The van der Waals surface area contributed by atoms with Crippen molar-refractivity contribution in [3.05, 3.63) is 64.4 Å². The average Bonchev–Trinajstić information content (AvgIpc) is 3.00. The van der Waals surface area contributed by atoms with Gasteiger partial charge in [0, 0.05) is 18.9 Å². The lowest BCUT2D eigenvalue weighted by atomic mass is 10.3. The molecule has 0 radical (unpaired) electrons. The highest BCUT2D eigenvalue weighted by Gasteiger charge is 2.18. The molecule has 0 fully saturated rings. The van der Waals surface area contributed by atoms with Crippen LogP contribution in [0.2, 0.25) is 0 Å². The first-order chi connectivity index (χ1) is 12.0. The molecular formula is C16H16N6O3. The molecule has 2 aromatic heterocycles. The number of nitrogens with zero attached hydrogens (tertiary/aromatic N) is 5. The molecule has 1 aromatic carbocycles. The van der Waals surface area contributed by atoms with Gasteiger partial charge in [-0.3, -0.25) is 14.8 Å². The number of hydrogen-bond donors (Lipinski definition) is 1. The van der Waals surface area contributed by atoms with Gasteiger partial charge in [-0.15, -0.1) is 0 Å². The summed E-state index contributed by atoms with van der Waals surface area (Å²) in [5.41, 5.74) is 1.25. The molecule has 0 amide bonds. The van der Waals surface area contributed by atoms with Crippen LogP contribution in [0.1, 0.15) is 11.5 Å². The van der Waals surface area contributed by atoms with Gasteiger partial charge in [0.2, 0.25) is 5.82 Å². The molecule has 0 aliphatic carbocycles. The summed E-state index contributed by atoms with van der Waals surface area (Å²) in [7, 11) is 3.39. The van der Waals surface area contributed by atoms with Crippen molar-refractivity contribution in [2.24, 2.45) is 7.05 Å². The predicted molar refractivity (Wildman–Crippen MR) is 91.0 cm³/mol. The number of rotatable bonds is 6. The van der Waals surface area contributed by atoms with E-state index in [-0.39, 0.29) is 11.5 Å². The minimum absolute atomic E-state index is 0.135. The Bertz CT molecular complexity index is 891. The van der Waals surface area contributed by atoms with Crippen LogP contribution < -0.4 is 10.1 Å². The van der Waals surface area contributed by atoms with E-state index < -0.39 is 4.92 Å². The number of methoxy groups -OCH3 is 1. The summed E-state index contributed by atoms with van der Waals surface area (Å²) in [4.78, 5) is 19.1. The van der Waals surface area contributed by atoms with E-state index in [0.29, 0.717) is 23.7 Å². The van der Waals surface area contributed by atoms with Crippen molar-refractivity contribution in [2.75, 3.05) is 12.4 Å². The Balaban J connectivity index is 1.88. The summed E-state index contributed by atoms with van der Waals surface area (Å²) in [5.74, 6) is 1.27. The van der Waals surface area contributed by atoms with Crippen molar-refractivity contribution in [2.45, 2.75) is 6.42 Å². The fourth-order valence-corrected chi connectivity index (χ4v) is 2.25. The molecule has 0 saturated carbocycles. The molecule has 1 N–H and O–H groups in total. The smallest absolute Gasteiger partial charge is 0.329 e. The predicted octanol–water partition coefficient (Wildman–Crippen LogP) is 2.46. The van der Waals surface area contributed by atoms with Crippen LogP contribution in [0.15, 0.2) is 42.7 Å². The van der Waals surface area contributed by atoms with Crippen LogP contribution in [0.4, 0.5) is 17.2 Å². The Morgan fingerprint density at radius 1 is 1.28 bits per heavy atom. The van der Waals surface area contributed by atoms with Gasteiger partial charge in [0.25, 0.3) is 0 Å². The maximum Gasteiger partial charge on any atom is 0.329 e. The number of aryl methyl sites for hydroxylation is 1. The van der Waals surface area contributed by atoms with Crippen molar-refractivity contribution >= 4 is 17.2 Å². The van der Waals surface area contributed by atoms with Crippen molar-refractivity contribution < 1.29 is 9.66 Å². The van der Waals surface area contributed by atoms with Gasteiger partial charge in [-0.1, -0.05) is 0 Å². The van der Waals surface area contributed by atoms with Gasteiger partial charge in [-0.25, -0.2) is 9.97 Å². The fraction of sp³-hybridized carbons (Fsp3) is 0.188. The minimum Gasteiger partial charge on any atom is -0.497 e. The van der Waals surface area contributed by atoms with Crippen LogP contribution in [0.5, 0.6) is 5.75 Å². The quantitative estimate of drug-likeness (QED) is 0.542. The summed E-state index contributed by atoms with van der Waals surface area (Å²) in [6.07, 6.45) is 3.41. The number of hydrogen-bond acceptors (Lipinski definition) is 7. The number of aromatic nitrogens is 4. The fourth-order valence-electron chi connectivity index (χ4n) is 2.25. The third kappa shape index (κ3) is 3.89. The number of nitrogens with one attached hydrogen (secondary N) is 1. The van der Waals surface area contributed by atoms with E-state index in [0.717, 1.165) is 5.69 Å². The summed E-state index contributed by atoms with van der Waals surface area (Å²) in [6.45, 7) is 0. The summed E-state index contributed by atoms with van der Waals surface area (Å²) in [5, 5.41) is 18.5. The van der Waals surface area contributed by atoms with Crippen molar-refractivity contribution in [3.63, 3.8) is 0 Å². The second-order valence-corrected chi connectivity index (χ2v) is 5.29. The lowest BCUT2D eigenvalue weighted by Gasteiger charge is -2.08. The first-order valence-corrected chi connectivity index (χ1v) is 7.45. The Morgan fingerprint density at radius 2 is 2.04 bits per heavy atom. The standard InChI is InChI=1S/C16H16N6O3/c1-21-8-7-12(20-21)9-15-17-10-14(22(23)24)16(19-15)18-11-3-5-13(25-2)6-4-11/h3-8,10H,9H2,1-2H3,(H,17,18,19). The normalized spacial score (nSPS) is 10.5. The molecule has 2 heterocycles. The van der Waals surface area contributed by atoms with Gasteiger partial charge in [-0.05, 0) is 30.3 Å². The molecule has 0 bridgehead atoms. The van der Waals surface area contributed by atoms with E-state index in [1.807, 2.05) is 19.3 Å². The van der Waals surface area contributed by atoms with Crippen LogP contribution >= 0.6 is 0 Å². The van der Waals surface area contributed by atoms with Gasteiger partial charge in [0.05, 0.1) is 24.1 Å². The molecule has 0 spiro atoms. The lowest BCUT2D eigenvalue weighted by molar-refractivity contribution is -0.384. The van der Waals surface area contributed by atoms with Crippen molar-refractivity contribution in [1.82, 2.24) is 19.7 Å². The number of ether oxygens (including phenoxy) is 1. The molecule has 0 aliphatic heterocycles. The topological polar surface area (TPSA) is 108 Å². The largest absolute Gasteiger partial charge is 0.497 e. The molecule has 0 saturated heterocycles. The number of nitro groups is 1. The highest BCUT2D eigenvalue weighted by atomic mass is 16.6. The van der Waals surface area contributed by atoms with Crippen LogP contribution in [0.25, 0.3) is 0 Å². The highest BCUT2D eigenvalue weighted by molar-refractivity contribution is 5.65. The molecule has 3 aromatic rings. The Kier molecular flexibility index (Phi) is 4.55. The van der Waals surface area contributed by atoms with Gasteiger partial charge in [0.15, 0.2) is 0 Å². The first-order valence-electron chi connectivity index (χ1n) is 7.45. The SMILES string of the molecule is COc1ccc(Nc2nc(Cc3ccn(C)n3)ncc2[N+](=O)[O-])cc1. The van der Waals surface area contributed by atoms with Gasteiger partial charge in [0.1, 0.15) is 17.8 Å². The molecule has 25 heavy (non-hydrogen) atoms. The highest BCUT2D eigenvalue weighted by Crippen LogP contribution is 2.26. The molecule has 0 aliphatic rings. The molecule has 0 unspecified atom stereocenters. The second kappa shape index (κ2) is 6.95. The zero-order valence-electron chi connectivity index (χ0n) is 13.7. The summed E-state index contributed by atoms with van der Waals surface area (Å²) < 4.78 is 6.78. The van der Waals surface area contributed by atoms with E-state index in [9.17, 15) is 10.1 Å². The van der Waals surface area contributed by atoms with E-state index >= 15 is 0 Å². The lowest BCUT2D eigenvalue weighted by Crippen LogP contribution is -2.05. The maximum atomic E-state index is 11.2. The number of benzene rings is 1. The average molecular weight is 340 g/mol. The molecule has 0 atom stereocenters. The Hall–Kier alpha value is -3.49. The second-order valence-electron chi connectivity index (χ2n) is 5.29. The third-order valence-electron chi connectivity index (χ3n) is 3.48. The van der Waals surface area contributed by atoms with Crippen LogP contribution in [-0.4, -0.2) is 31.8 Å². The zero-order valence-corrected chi connectivity index (χ0v) is 13.7. The van der Waals surface area contributed by atoms with Crippen molar-refractivity contribution in [1.29, 1.82) is 0 Å². The monoisotopic (exact) mass is 340 g/mol. The Morgan fingerprint density at radius 3 is 2.64 bits per heavy atom. The van der Waals surface area contributed by atoms with Gasteiger partial charge >= 0.3 is 5.69 Å². The molecule has 3 rings (SSSR count). The first kappa shape index (κ1) is 16.4. The van der Waals surface area contributed by atoms with Crippen LogP contribution in [0.3, 0.4) is 0 Å². The minimum atomic E-state index is -0.517. The van der Waals surface area contributed by atoms with E-state index in [2.05, 4.69) is 20.4 Å². The van der Waals surface area contributed by atoms with E-state index in [4.69, 9.17) is 4.74 Å². The molecule has 9 nitrogen and oxygen atoms in total. The third-order valence-corrected chi connectivity index (χ3v) is 3.48.